The lowest BCUT2D eigenvalue weighted by Crippen LogP contribution is -2.43. The lowest BCUT2D eigenvalue weighted by Gasteiger charge is -2.31. The van der Waals surface area contributed by atoms with Crippen molar-refractivity contribution in [3.05, 3.63) is 0 Å². The fourth-order valence-electron chi connectivity index (χ4n) is 2.69. The summed E-state index contributed by atoms with van der Waals surface area (Å²) in [6.07, 6.45) is 7.09. The van der Waals surface area contributed by atoms with E-state index in [-0.39, 0.29) is 17.9 Å². The molecule has 86 valence electrons. The molecule has 0 aromatic carbocycles. The van der Waals surface area contributed by atoms with Crippen molar-refractivity contribution in [2.24, 2.45) is 17.6 Å². The van der Waals surface area contributed by atoms with E-state index in [2.05, 4.69) is 12.2 Å². The smallest absolute Gasteiger partial charge is 0.224 e. The number of carbonyl (C=O) groups is 1. The summed E-state index contributed by atoms with van der Waals surface area (Å²) in [5.41, 5.74) is 5.68. The van der Waals surface area contributed by atoms with Crippen LogP contribution in [0.4, 0.5) is 0 Å². The minimum atomic E-state index is 0.115. The first kappa shape index (κ1) is 10.9. The highest BCUT2D eigenvalue weighted by atomic mass is 16.2. The van der Waals surface area contributed by atoms with Crippen LogP contribution in [0.15, 0.2) is 0 Å². The highest BCUT2D eigenvalue weighted by Gasteiger charge is 2.41. The number of hydrogen-bond donors (Lipinski definition) is 2. The second-order valence-electron chi connectivity index (χ2n) is 5.07. The molecule has 2 aliphatic rings. The zero-order valence-electron chi connectivity index (χ0n) is 9.54. The van der Waals surface area contributed by atoms with Crippen LogP contribution in [0.1, 0.15) is 45.4 Å². The number of carbonyl (C=O) groups excluding carboxylic acids is 1. The number of hydrogen-bond acceptors (Lipinski definition) is 2. The Morgan fingerprint density at radius 3 is 2.67 bits per heavy atom. The maximum Gasteiger partial charge on any atom is 0.224 e. The molecule has 2 aliphatic carbocycles. The van der Waals surface area contributed by atoms with Crippen molar-refractivity contribution in [3.63, 3.8) is 0 Å². The molecule has 0 radical (unpaired) electrons. The standard InChI is InChI=1S/C12H22N2O/c1-2-8-5-3-4-6-11(8)14-12(15)9-7-10(9)13/h8-11H,2-7,13H2,1H3,(H,14,15). The molecule has 4 atom stereocenters. The van der Waals surface area contributed by atoms with Gasteiger partial charge in [0.05, 0.1) is 5.92 Å². The van der Waals surface area contributed by atoms with Gasteiger partial charge in [-0.3, -0.25) is 4.79 Å². The number of nitrogens with two attached hydrogens (primary N) is 1. The summed E-state index contributed by atoms with van der Waals surface area (Å²) in [5, 5.41) is 3.19. The molecular formula is C12H22N2O. The predicted octanol–water partition coefficient (Wildman–Crippen LogP) is 1.42. The fraction of sp³-hybridized carbons (Fsp3) is 0.917. The Labute approximate surface area is 91.8 Å². The molecule has 2 rings (SSSR count). The van der Waals surface area contributed by atoms with Crippen LogP contribution in [0.3, 0.4) is 0 Å². The topological polar surface area (TPSA) is 55.1 Å². The molecule has 2 saturated carbocycles. The highest BCUT2D eigenvalue weighted by molar-refractivity contribution is 5.82. The first-order valence-corrected chi connectivity index (χ1v) is 6.28. The Bertz CT molecular complexity index is 242. The summed E-state index contributed by atoms with van der Waals surface area (Å²) in [4.78, 5) is 11.8. The molecule has 4 unspecified atom stereocenters. The van der Waals surface area contributed by atoms with E-state index >= 15 is 0 Å². The monoisotopic (exact) mass is 210 g/mol. The van der Waals surface area contributed by atoms with Gasteiger partial charge in [0, 0.05) is 12.1 Å². The third-order valence-electron chi connectivity index (χ3n) is 3.94. The third-order valence-corrected chi connectivity index (χ3v) is 3.94. The summed E-state index contributed by atoms with van der Waals surface area (Å²) in [7, 11) is 0. The Hall–Kier alpha value is -0.570. The van der Waals surface area contributed by atoms with Gasteiger partial charge in [-0.15, -0.1) is 0 Å². The summed E-state index contributed by atoms with van der Waals surface area (Å²) in [6, 6.07) is 0.553. The lowest BCUT2D eigenvalue weighted by molar-refractivity contribution is -0.123. The molecule has 3 N–H and O–H groups in total. The minimum absolute atomic E-state index is 0.115. The molecule has 15 heavy (non-hydrogen) atoms. The van der Waals surface area contributed by atoms with Crippen molar-refractivity contribution in [2.75, 3.05) is 0 Å². The third kappa shape index (κ3) is 2.51. The van der Waals surface area contributed by atoms with E-state index in [9.17, 15) is 4.79 Å². The van der Waals surface area contributed by atoms with Crippen LogP contribution in [0.2, 0.25) is 0 Å². The number of nitrogens with one attached hydrogen (secondary N) is 1. The summed E-state index contributed by atoms with van der Waals surface area (Å²) >= 11 is 0. The van der Waals surface area contributed by atoms with Crippen LogP contribution in [0.25, 0.3) is 0 Å². The molecule has 0 aromatic heterocycles. The first-order valence-electron chi connectivity index (χ1n) is 6.28. The zero-order valence-corrected chi connectivity index (χ0v) is 9.54. The quantitative estimate of drug-likeness (QED) is 0.740. The normalized spacial score (nSPS) is 39.9. The minimum Gasteiger partial charge on any atom is -0.353 e. The summed E-state index contributed by atoms with van der Waals surface area (Å²) < 4.78 is 0. The van der Waals surface area contributed by atoms with Crippen molar-refractivity contribution in [1.29, 1.82) is 0 Å². The van der Waals surface area contributed by atoms with Gasteiger partial charge in [-0.2, -0.15) is 0 Å². The molecule has 0 spiro atoms. The van der Waals surface area contributed by atoms with E-state index in [1.165, 1.54) is 25.7 Å². The van der Waals surface area contributed by atoms with Crippen LogP contribution in [0, 0.1) is 11.8 Å². The van der Waals surface area contributed by atoms with E-state index in [1.807, 2.05) is 0 Å². The van der Waals surface area contributed by atoms with Gasteiger partial charge in [0.1, 0.15) is 0 Å². The second kappa shape index (κ2) is 4.52. The summed E-state index contributed by atoms with van der Waals surface area (Å²) in [6.45, 7) is 2.22. The largest absolute Gasteiger partial charge is 0.353 e. The molecule has 0 saturated heterocycles. The fourth-order valence-corrected chi connectivity index (χ4v) is 2.69. The van der Waals surface area contributed by atoms with Gasteiger partial charge < -0.3 is 11.1 Å². The molecule has 2 fully saturated rings. The van der Waals surface area contributed by atoms with Crippen molar-refractivity contribution < 1.29 is 4.79 Å². The Morgan fingerprint density at radius 2 is 2.07 bits per heavy atom. The van der Waals surface area contributed by atoms with Crippen LogP contribution in [-0.4, -0.2) is 18.0 Å². The Kier molecular flexibility index (Phi) is 3.29. The average molecular weight is 210 g/mol. The molecule has 0 heterocycles. The molecule has 0 bridgehead atoms. The molecule has 0 aliphatic heterocycles. The first-order chi connectivity index (χ1) is 7.22. The van der Waals surface area contributed by atoms with Gasteiger partial charge >= 0.3 is 0 Å². The maximum atomic E-state index is 11.8. The Balaban J connectivity index is 1.83. The van der Waals surface area contributed by atoms with E-state index in [4.69, 9.17) is 5.73 Å². The second-order valence-corrected chi connectivity index (χ2v) is 5.07. The van der Waals surface area contributed by atoms with Crippen LogP contribution in [-0.2, 0) is 4.79 Å². The van der Waals surface area contributed by atoms with Crippen molar-refractivity contribution >= 4 is 5.91 Å². The predicted molar refractivity (Wildman–Crippen MR) is 60.3 cm³/mol. The molecule has 3 heteroatoms. The van der Waals surface area contributed by atoms with Gasteiger partial charge in [-0.1, -0.05) is 26.2 Å². The lowest BCUT2D eigenvalue weighted by atomic mass is 9.83. The van der Waals surface area contributed by atoms with Gasteiger partial charge in [0.25, 0.3) is 0 Å². The van der Waals surface area contributed by atoms with Gasteiger partial charge in [0.15, 0.2) is 0 Å². The van der Waals surface area contributed by atoms with Crippen molar-refractivity contribution in [3.8, 4) is 0 Å². The number of rotatable bonds is 3. The summed E-state index contributed by atoms with van der Waals surface area (Å²) in [5.74, 6) is 1.01. The molecule has 3 nitrogen and oxygen atoms in total. The van der Waals surface area contributed by atoms with Gasteiger partial charge in [-0.25, -0.2) is 0 Å². The van der Waals surface area contributed by atoms with E-state index < -0.39 is 0 Å². The Morgan fingerprint density at radius 1 is 1.40 bits per heavy atom. The highest BCUT2D eigenvalue weighted by Crippen LogP contribution is 2.31. The van der Waals surface area contributed by atoms with Crippen molar-refractivity contribution in [1.82, 2.24) is 5.32 Å². The van der Waals surface area contributed by atoms with Crippen LogP contribution < -0.4 is 11.1 Å². The van der Waals surface area contributed by atoms with E-state index in [0.717, 1.165) is 12.8 Å². The average Bonchev–Trinajstić information content (AvgIpc) is 2.96. The molecule has 0 aromatic rings. The van der Waals surface area contributed by atoms with Crippen LogP contribution in [0.5, 0.6) is 0 Å². The molecule has 1 amide bonds. The zero-order chi connectivity index (χ0) is 10.8. The van der Waals surface area contributed by atoms with Gasteiger partial charge in [0.2, 0.25) is 5.91 Å². The van der Waals surface area contributed by atoms with E-state index in [0.29, 0.717) is 12.0 Å². The van der Waals surface area contributed by atoms with Gasteiger partial charge in [-0.05, 0) is 25.2 Å². The SMILES string of the molecule is CCC1CCCCC1NC(=O)C1CC1N. The van der Waals surface area contributed by atoms with E-state index in [1.54, 1.807) is 0 Å². The van der Waals surface area contributed by atoms with Crippen molar-refractivity contribution in [2.45, 2.75) is 57.5 Å². The van der Waals surface area contributed by atoms with Crippen LogP contribution >= 0.6 is 0 Å². The molecular weight excluding hydrogens is 188 g/mol. The maximum absolute atomic E-state index is 11.8. The number of amides is 1.